The molecule has 0 aliphatic heterocycles. The molecule has 8 nitrogen and oxygen atoms in total. The first-order valence-corrected chi connectivity index (χ1v) is 15.0. The molecular formula is C27H45N2O6P. The average Bonchev–Trinajstić information content (AvgIpc) is 3.06. The maximum absolute atomic E-state index is 12.5. The molecule has 204 valence electrons. The second-order valence-electron chi connectivity index (χ2n) is 12.0. The summed E-state index contributed by atoms with van der Waals surface area (Å²) in [6.45, 7) is 12.8. The largest absolute Gasteiger partial charge is 0.472 e. The van der Waals surface area contributed by atoms with Gasteiger partial charge in [-0.3, -0.25) is 13.8 Å². The van der Waals surface area contributed by atoms with Gasteiger partial charge in [0.2, 0.25) is 0 Å². The van der Waals surface area contributed by atoms with Gasteiger partial charge in [-0.25, -0.2) is 4.57 Å². The molecule has 4 aliphatic rings. The average molecular weight is 525 g/mol. The van der Waals surface area contributed by atoms with E-state index in [1.54, 1.807) is 0 Å². The van der Waals surface area contributed by atoms with Crippen LogP contribution in [0, 0.1) is 22.7 Å². The van der Waals surface area contributed by atoms with Crippen molar-refractivity contribution < 1.29 is 28.0 Å². The van der Waals surface area contributed by atoms with Crippen LogP contribution in [0.5, 0.6) is 0 Å². The fourth-order valence-corrected chi connectivity index (χ4v) is 9.32. The minimum Gasteiger partial charge on any atom is -0.454 e. The number of phosphoric ester groups is 1. The predicted molar refractivity (Wildman–Crippen MR) is 139 cm³/mol. The van der Waals surface area contributed by atoms with E-state index in [9.17, 15) is 14.3 Å². The SMILES string of the molecule is C=C(C)[C@@]1(OC(=O)CC)CC[C@@]2(N)C3CC=C4CC(OP(=O)(O)OCCN)CC[C@]4(C)[C@H]3CC[C@]12C. The molecule has 0 amide bonds. The van der Waals surface area contributed by atoms with Gasteiger partial charge in [0.1, 0.15) is 5.60 Å². The maximum atomic E-state index is 12.5. The van der Waals surface area contributed by atoms with Crippen LogP contribution >= 0.6 is 7.82 Å². The lowest BCUT2D eigenvalue weighted by Gasteiger charge is -2.63. The number of rotatable bonds is 8. The maximum Gasteiger partial charge on any atom is 0.472 e. The molecule has 0 bridgehead atoms. The van der Waals surface area contributed by atoms with Crippen molar-refractivity contribution in [1.29, 1.82) is 0 Å². The summed E-state index contributed by atoms with van der Waals surface area (Å²) >= 11 is 0. The van der Waals surface area contributed by atoms with Gasteiger partial charge in [0.15, 0.2) is 0 Å². The van der Waals surface area contributed by atoms with Crippen LogP contribution in [0.25, 0.3) is 0 Å². The predicted octanol–water partition coefficient (Wildman–Crippen LogP) is 4.76. The Hall–Kier alpha value is -1.02. The topological polar surface area (TPSA) is 134 Å². The van der Waals surface area contributed by atoms with Gasteiger partial charge in [-0.05, 0) is 81.1 Å². The molecule has 0 aromatic rings. The van der Waals surface area contributed by atoms with E-state index in [1.807, 2.05) is 13.8 Å². The Morgan fingerprint density at radius 2 is 1.94 bits per heavy atom. The van der Waals surface area contributed by atoms with Gasteiger partial charge in [-0.1, -0.05) is 39.0 Å². The number of hydrogen-bond acceptors (Lipinski definition) is 7. The van der Waals surface area contributed by atoms with Crippen LogP contribution < -0.4 is 11.5 Å². The summed E-state index contributed by atoms with van der Waals surface area (Å²) in [5.41, 5.74) is 13.4. The van der Waals surface area contributed by atoms with Crippen molar-refractivity contribution in [3.63, 3.8) is 0 Å². The van der Waals surface area contributed by atoms with Crippen molar-refractivity contribution in [3.05, 3.63) is 23.8 Å². The Labute approximate surface area is 215 Å². The highest BCUT2D eigenvalue weighted by Gasteiger charge is 2.72. The van der Waals surface area contributed by atoms with Crippen molar-refractivity contribution in [2.45, 2.75) is 103 Å². The molecular weight excluding hydrogens is 479 g/mol. The molecule has 9 heteroatoms. The van der Waals surface area contributed by atoms with E-state index >= 15 is 0 Å². The Morgan fingerprint density at radius 1 is 1.22 bits per heavy atom. The van der Waals surface area contributed by atoms with Crippen LogP contribution in [0.2, 0.25) is 0 Å². The van der Waals surface area contributed by atoms with E-state index < -0.39 is 19.0 Å². The summed E-state index contributed by atoms with van der Waals surface area (Å²) in [7, 11) is -4.13. The van der Waals surface area contributed by atoms with Crippen LogP contribution in [0.15, 0.2) is 23.8 Å². The lowest BCUT2D eigenvalue weighted by molar-refractivity contribution is -0.177. The zero-order valence-electron chi connectivity index (χ0n) is 22.4. The second-order valence-corrected chi connectivity index (χ2v) is 13.4. The fraction of sp³-hybridized carbons (Fsp3) is 0.815. The molecule has 0 radical (unpaired) electrons. The zero-order chi connectivity index (χ0) is 26.6. The zero-order valence-corrected chi connectivity index (χ0v) is 23.3. The van der Waals surface area contributed by atoms with E-state index in [1.165, 1.54) is 5.57 Å². The molecule has 0 aromatic heterocycles. The van der Waals surface area contributed by atoms with E-state index in [0.717, 1.165) is 37.7 Å². The highest BCUT2D eigenvalue weighted by molar-refractivity contribution is 7.47. The van der Waals surface area contributed by atoms with Crippen molar-refractivity contribution in [2.75, 3.05) is 13.2 Å². The van der Waals surface area contributed by atoms with Crippen LogP contribution in [0.3, 0.4) is 0 Å². The second kappa shape index (κ2) is 9.62. The molecule has 0 saturated heterocycles. The van der Waals surface area contributed by atoms with Crippen molar-refractivity contribution in [1.82, 2.24) is 0 Å². The first-order chi connectivity index (χ1) is 16.8. The number of carbonyl (C=O) groups excluding carboxylic acids is 1. The Morgan fingerprint density at radius 3 is 2.58 bits per heavy atom. The van der Waals surface area contributed by atoms with Gasteiger partial charge in [0.25, 0.3) is 0 Å². The van der Waals surface area contributed by atoms with Crippen molar-refractivity contribution >= 4 is 13.8 Å². The number of fused-ring (bicyclic) bond motifs is 5. The smallest absolute Gasteiger partial charge is 0.454 e. The molecule has 0 aromatic carbocycles. The number of allylic oxidation sites excluding steroid dienone is 1. The number of phosphoric acid groups is 1. The van der Waals surface area contributed by atoms with E-state index in [2.05, 4.69) is 26.5 Å². The third kappa shape index (κ3) is 4.17. The highest BCUT2D eigenvalue weighted by Crippen LogP contribution is 2.70. The molecule has 3 fully saturated rings. The molecule has 4 aliphatic carbocycles. The third-order valence-corrected chi connectivity index (χ3v) is 11.5. The first kappa shape index (κ1) is 28.0. The lowest BCUT2D eigenvalue weighted by atomic mass is 9.44. The highest BCUT2D eigenvalue weighted by atomic mass is 31.2. The van der Waals surface area contributed by atoms with Crippen molar-refractivity contribution in [3.8, 4) is 0 Å². The monoisotopic (exact) mass is 524 g/mol. The summed E-state index contributed by atoms with van der Waals surface area (Å²) in [4.78, 5) is 22.6. The van der Waals surface area contributed by atoms with Gasteiger partial charge in [-0.15, -0.1) is 0 Å². The number of nitrogens with two attached hydrogens (primary N) is 2. The van der Waals surface area contributed by atoms with Gasteiger partial charge in [0, 0.05) is 23.9 Å². The molecule has 4 rings (SSSR count). The van der Waals surface area contributed by atoms with Gasteiger partial charge in [0.05, 0.1) is 12.7 Å². The summed E-state index contributed by atoms with van der Waals surface area (Å²) in [6.07, 6.45) is 8.68. The van der Waals surface area contributed by atoms with Crippen molar-refractivity contribution in [2.24, 2.45) is 34.1 Å². The van der Waals surface area contributed by atoms with Gasteiger partial charge in [-0.2, -0.15) is 0 Å². The third-order valence-electron chi connectivity index (χ3n) is 10.4. The van der Waals surface area contributed by atoms with Gasteiger partial charge >= 0.3 is 13.8 Å². The standard InChI is InChI=1S/C27H45N2O6P/c1-6-23(30)34-27(18(2)3)14-13-26(29)22-8-7-19-17-20(35-36(31,32)33-16-15-28)9-11-24(19,4)21(22)10-12-25(26,27)5/h7,20-22H,2,6,8-17,28-29H2,1,3-5H3,(H,31,32)/t20?,21-,22?,24-,25-,26+,27-/m0/s1. The number of ether oxygens (including phenoxy) is 1. The van der Waals surface area contributed by atoms with Crippen LogP contribution in [-0.2, 0) is 23.1 Å². The molecule has 3 saturated carbocycles. The number of hydrogen-bond donors (Lipinski definition) is 3. The summed E-state index contributed by atoms with van der Waals surface area (Å²) in [5.74, 6) is 0.466. The van der Waals surface area contributed by atoms with Crippen LogP contribution in [-0.4, -0.2) is 41.3 Å². The van der Waals surface area contributed by atoms with Crippen LogP contribution in [0.1, 0.15) is 85.5 Å². The Balaban J connectivity index is 1.60. The van der Waals surface area contributed by atoms with E-state index in [0.29, 0.717) is 31.6 Å². The Kier molecular flexibility index (Phi) is 7.48. The fourth-order valence-electron chi connectivity index (χ4n) is 8.37. The molecule has 5 N–H and O–H groups in total. The molecule has 3 unspecified atom stereocenters. The van der Waals surface area contributed by atoms with E-state index in [-0.39, 0.29) is 42.0 Å². The molecule has 36 heavy (non-hydrogen) atoms. The molecule has 8 atom stereocenters. The minimum absolute atomic E-state index is 0.0126. The molecule has 0 heterocycles. The number of esters is 1. The lowest BCUT2D eigenvalue weighted by Crippen LogP contribution is -2.68. The quantitative estimate of drug-likeness (QED) is 0.235. The molecule has 0 spiro atoms. The first-order valence-electron chi connectivity index (χ1n) is 13.5. The summed E-state index contributed by atoms with van der Waals surface area (Å²) in [5, 5.41) is 0. The van der Waals surface area contributed by atoms with Crippen LogP contribution in [0.4, 0.5) is 0 Å². The van der Waals surface area contributed by atoms with E-state index in [4.69, 9.17) is 25.3 Å². The minimum atomic E-state index is -4.13. The normalized spacial score (nSPS) is 43.4. The number of carbonyl (C=O) groups is 1. The Bertz CT molecular complexity index is 985. The summed E-state index contributed by atoms with van der Waals surface area (Å²) < 4.78 is 29.0. The summed E-state index contributed by atoms with van der Waals surface area (Å²) in [6, 6.07) is 0. The van der Waals surface area contributed by atoms with Gasteiger partial charge < -0.3 is 21.1 Å².